The minimum Gasteiger partial charge on any atom is -0.497 e. The number of pyridine rings is 1. The Morgan fingerprint density at radius 3 is 2.80 bits per heavy atom. The van der Waals surface area contributed by atoms with Crippen molar-refractivity contribution in [2.75, 3.05) is 13.7 Å². The molecule has 1 atom stereocenters. The molecule has 4 heteroatoms. The third-order valence-electron chi connectivity index (χ3n) is 3.03. The van der Waals surface area contributed by atoms with Gasteiger partial charge in [-0.2, -0.15) is 0 Å². The topological polar surface area (TPSA) is 34.1 Å². The van der Waals surface area contributed by atoms with Gasteiger partial charge < -0.3 is 10.1 Å². The molecule has 1 heterocycles. The lowest BCUT2D eigenvalue weighted by Gasteiger charge is -2.12. The molecule has 0 aliphatic carbocycles. The Balaban J connectivity index is 2.06. The first-order valence-electron chi connectivity index (χ1n) is 6.74. The lowest BCUT2D eigenvalue weighted by Crippen LogP contribution is -2.17. The quantitative estimate of drug-likeness (QED) is 0.874. The molecular formula is C16H20N2OS. The molecule has 2 rings (SSSR count). The van der Waals surface area contributed by atoms with Gasteiger partial charge in [-0.1, -0.05) is 30.8 Å². The first kappa shape index (κ1) is 14.9. The van der Waals surface area contributed by atoms with Crippen LogP contribution < -0.4 is 10.1 Å². The number of nitrogens with one attached hydrogen (secondary N) is 1. The average molecular weight is 288 g/mol. The zero-order chi connectivity index (χ0) is 14.4. The van der Waals surface area contributed by atoms with Crippen LogP contribution in [-0.2, 0) is 0 Å². The summed E-state index contributed by atoms with van der Waals surface area (Å²) in [6, 6.07) is 12.5. The van der Waals surface area contributed by atoms with Crippen molar-refractivity contribution in [3.8, 4) is 5.75 Å². The molecule has 0 amide bonds. The second-order valence-electron chi connectivity index (χ2n) is 4.49. The molecule has 1 aromatic heterocycles. The van der Waals surface area contributed by atoms with Gasteiger partial charge >= 0.3 is 0 Å². The van der Waals surface area contributed by atoms with Crippen LogP contribution in [0, 0.1) is 0 Å². The zero-order valence-corrected chi connectivity index (χ0v) is 12.9. The summed E-state index contributed by atoms with van der Waals surface area (Å²) in [4.78, 5) is 5.64. The van der Waals surface area contributed by atoms with Gasteiger partial charge in [0.1, 0.15) is 10.8 Å². The van der Waals surface area contributed by atoms with Gasteiger partial charge in [-0.05, 0) is 43.3 Å². The Kier molecular flexibility index (Phi) is 5.44. The van der Waals surface area contributed by atoms with Gasteiger partial charge in [0, 0.05) is 17.1 Å². The van der Waals surface area contributed by atoms with Gasteiger partial charge in [0.2, 0.25) is 0 Å². The molecule has 0 spiro atoms. The summed E-state index contributed by atoms with van der Waals surface area (Å²) in [6.45, 7) is 5.22. The SMILES string of the molecule is CCNC(C)c1ccc(Sc2cccc(OC)c2)nc1. The van der Waals surface area contributed by atoms with Crippen LogP contribution in [0.2, 0.25) is 0 Å². The lowest BCUT2D eigenvalue weighted by molar-refractivity contribution is 0.413. The fourth-order valence-electron chi connectivity index (χ4n) is 1.92. The summed E-state index contributed by atoms with van der Waals surface area (Å²) in [5.41, 5.74) is 1.21. The van der Waals surface area contributed by atoms with E-state index in [-0.39, 0.29) is 0 Å². The summed E-state index contributed by atoms with van der Waals surface area (Å²) in [5, 5.41) is 4.37. The largest absolute Gasteiger partial charge is 0.497 e. The number of ether oxygens (including phenoxy) is 1. The van der Waals surface area contributed by atoms with Gasteiger partial charge in [0.25, 0.3) is 0 Å². The first-order valence-corrected chi connectivity index (χ1v) is 7.56. The van der Waals surface area contributed by atoms with Crippen molar-refractivity contribution in [3.63, 3.8) is 0 Å². The molecule has 0 aliphatic heterocycles. The normalized spacial score (nSPS) is 12.2. The van der Waals surface area contributed by atoms with Crippen LogP contribution in [0.4, 0.5) is 0 Å². The fraction of sp³-hybridized carbons (Fsp3) is 0.312. The molecular weight excluding hydrogens is 268 g/mol. The van der Waals surface area contributed by atoms with E-state index < -0.39 is 0 Å². The molecule has 1 aromatic carbocycles. The van der Waals surface area contributed by atoms with Crippen LogP contribution in [0.1, 0.15) is 25.5 Å². The zero-order valence-electron chi connectivity index (χ0n) is 12.1. The summed E-state index contributed by atoms with van der Waals surface area (Å²) in [7, 11) is 1.68. The summed E-state index contributed by atoms with van der Waals surface area (Å²) in [6.07, 6.45) is 1.94. The van der Waals surface area contributed by atoms with E-state index in [2.05, 4.69) is 42.3 Å². The molecule has 0 saturated carbocycles. The highest BCUT2D eigenvalue weighted by molar-refractivity contribution is 7.99. The van der Waals surface area contributed by atoms with Crippen molar-refractivity contribution in [2.45, 2.75) is 29.8 Å². The maximum absolute atomic E-state index is 5.23. The fourth-order valence-corrected chi connectivity index (χ4v) is 2.72. The number of benzene rings is 1. The van der Waals surface area contributed by atoms with Crippen LogP contribution in [0.5, 0.6) is 5.75 Å². The number of hydrogen-bond acceptors (Lipinski definition) is 4. The summed E-state index contributed by atoms with van der Waals surface area (Å²) >= 11 is 1.64. The van der Waals surface area contributed by atoms with E-state index in [0.717, 1.165) is 22.2 Å². The van der Waals surface area contributed by atoms with Crippen molar-refractivity contribution in [2.24, 2.45) is 0 Å². The van der Waals surface area contributed by atoms with Gasteiger partial charge in [-0.15, -0.1) is 0 Å². The van der Waals surface area contributed by atoms with E-state index in [9.17, 15) is 0 Å². The van der Waals surface area contributed by atoms with Crippen molar-refractivity contribution < 1.29 is 4.74 Å². The second kappa shape index (κ2) is 7.31. The molecule has 106 valence electrons. The van der Waals surface area contributed by atoms with Crippen molar-refractivity contribution in [1.29, 1.82) is 0 Å². The number of nitrogens with zero attached hydrogens (tertiary/aromatic N) is 1. The Morgan fingerprint density at radius 2 is 2.15 bits per heavy atom. The summed E-state index contributed by atoms with van der Waals surface area (Å²) in [5.74, 6) is 0.868. The minimum atomic E-state index is 0.336. The standard InChI is InChI=1S/C16H20N2OS/c1-4-17-12(2)13-8-9-16(18-11-13)20-15-7-5-6-14(10-15)19-3/h5-12,17H,4H2,1-3H3. The lowest BCUT2D eigenvalue weighted by atomic mass is 10.1. The molecule has 1 N–H and O–H groups in total. The van der Waals surface area contributed by atoms with Crippen molar-refractivity contribution >= 4 is 11.8 Å². The van der Waals surface area contributed by atoms with E-state index in [1.54, 1.807) is 18.9 Å². The number of aromatic nitrogens is 1. The predicted molar refractivity (Wildman–Crippen MR) is 83.4 cm³/mol. The third kappa shape index (κ3) is 3.99. The third-order valence-corrected chi connectivity index (χ3v) is 3.97. The Labute approximate surface area is 124 Å². The molecule has 0 aliphatic rings. The van der Waals surface area contributed by atoms with Crippen molar-refractivity contribution in [1.82, 2.24) is 10.3 Å². The van der Waals surface area contributed by atoms with Crippen LogP contribution in [0.3, 0.4) is 0 Å². The number of hydrogen-bond donors (Lipinski definition) is 1. The maximum atomic E-state index is 5.23. The molecule has 0 fully saturated rings. The highest BCUT2D eigenvalue weighted by atomic mass is 32.2. The van der Waals surface area contributed by atoms with Crippen molar-refractivity contribution in [3.05, 3.63) is 48.2 Å². The maximum Gasteiger partial charge on any atom is 0.119 e. The number of rotatable bonds is 6. The van der Waals surface area contributed by atoms with Gasteiger partial charge in [-0.25, -0.2) is 4.98 Å². The Bertz CT molecular complexity index is 542. The summed E-state index contributed by atoms with van der Waals surface area (Å²) < 4.78 is 5.23. The van der Waals surface area contributed by atoms with E-state index in [0.29, 0.717) is 6.04 Å². The van der Waals surface area contributed by atoms with Gasteiger partial charge in [0.05, 0.1) is 7.11 Å². The smallest absolute Gasteiger partial charge is 0.119 e. The minimum absolute atomic E-state index is 0.336. The average Bonchev–Trinajstić information content (AvgIpc) is 2.48. The van der Waals surface area contributed by atoms with E-state index in [4.69, 9.17) is 4.74 Å². The molecule has 20 heavy (non-hydrogen) atoms. The Hall–Kier alpha value is -1.52. The highest BCUT2D eigenvalue weighted by Crippen LogP contribution is 2.29. The molecule has 1 unspecified atom stereocenters. The molecule has 0 radical (unpaired) electrons. The molecule has 3 nitrogen and oxygen atoms in total. The van der Waals surface area contributed by atoms with Crippen LogP contribution in [0.15, 0.2) is 52.5 Å². The second-order valence-corrected chi connectivity index (χ2v) is 5.58. The predicted octanol–water partition coefficient (Wildman–Crippen LogP) is 3.91. The van der Waals surface area contributed by atoms with E-state index in [1.807, 2.05) is 24.4 Å². The van der Waals surface area contributed by atoms with E-state index in [1.165, 1.54) is 5.56 Å². The Morgan fingerprint density at radius 1 is 1.30 bits per heavy atom. The van der Waals surface area contributed by atoms with Gasteiger partial charge in [0.15, 0.2) is 0 Å². The van der Waals surface area contributed by atoms with Gasteiger partial charge in [-0.3, -0.25) is 0 Å². The van der Waals surface area contributed by atoms with Crippen LogP contribution >= 0.6 is 11.8 Å². The molecule has 0 bridgehead atoms. The van der Waals surface area contributed by atoms with Crippen LogP contribution in [-0.4, -0.2) is 18.6 Å². The monoisotopic (exact) mass is 288 g/mol. The highest BCUT2D eigenvalue weighted by Gasteiger charge is 2.05. The molecule has 0 saturated heterocycles. The van der Waals surface area contributed by atoms with E-state index >= 15 is 0 Å². The molecule has 2 aromatic rings. The van der Waals surface area contributed by atoms with Crippen LogP contribution in [0.25, 0.3) is 0 Å². The first-order chi connectivity index (χ1) is 9.72. The number of methoxy groups -OCH3 is 1.